The van der Waals surface area contributed by atoms with Gasteiger partial charge in [0.25, 0.3) is 11.6 Å². The van der Waals surface area contributed by atoms with Crippen molar-refractivity contribution in [3.8, 4) is 5.75 Å². The lowest BCUT2D eigenvalue weighted by Crippen LogP contribution is -2.20. The number of alkyl halides is 2. The molecule has 0 atom stereocenters. The first-order valence-electron chi connectivity index (χ1n) is 8.19. The smallest absolute Gasteiger partial charge is 0.387 e. The van der Waals surface area contributed by atoms with E-state index in [4.69, 9.17) is 4.74 Å². The van der Waals surface area contributed by atoms with Crippen LogP contribution in [0.4, 0.5) is 20.2 Å². The molecule has 2 rings (SSSR count). The van der Waals surface area contributed by atoms with Gasteiger partial charge in [0.05, 0.1) is 4.92 Å². The number of carbonyl (C=O) groups is 2. The molecule has 0 aliphatic rings. The molecule has 0 radical (unpaired) electrons. The second kappa shape index (κ2) is 9.93. The monoisotopic (exact) mass is 406 g/mol. The molecule has 0 fully saturated rings. The van der Waals surface area contributed by atoms with Gasteiger partial charge in [0.1, 0.15) is 5.75 Å². The maximum atomic E-state index is 12.1. The number of halogens is 2. The number of hydrogen-bond donors (Lipinski definition) is 1. The van der Waals surface area contributed by atoms with Gasteiger partial charge in [-0.25, -0.2) is 4.79 Å². The number of nitrogens with zero attached hydrogens (tertiary/aromatic N) is 1. The number of nitro benzene ring substituents is 1. The molecule has 1 N–H and O–H groups in total. The molecule has 2 aromatic carbocycles. The Morgan fingerprint density at radius 2 is 1.90 bits per heavy atom. The van der Waals surface area contributed by atoms with Crippen LogP contribution in [0.2, 0.25) is 0 Å². The SMILES string of the molecule is Cc1ccc(NC(=O)COC(=O)/C=C/c2ccc(OC(F)F)cc2)cc1[N+](=O)[O-]. The van der Waals surface area contributed by atoms with E-state index in [0.717, 1.165) is 6.08 Å². The van der Waals surface area contributed by atoms with E-state index >= 15 is 0 Å². The number of nitrogens with one attached hydrogen (secondary N) is 1. The van der Waals surface area contributed by atoms with Crippen molar-refractivity contribution < 1.29 is 32.8 Å². The van der Waals surface area contributed by atoms with Crippen molar-refractivity contribution in [3.05, 3.63) is 69.8 Å². The van der Waals surface area contributed by atoms with Crippen LogP contribution in [0.3, 0.4) is 0 Å². The summed E-state index contributed by atoms with van der Waals surface area (Å²) in [6.45, 7) is -1.95. The number of anilines is 1. The molecule has 1 amide bonds. The topological polar surface area (TPSA) is 108 Å². The van der Waals surface area contributed by atoms with Crippen LogP contribution in [0, 0.1) is 17.0 Å². The van der Waals surface area contributed by atoms with Crippen LogP contribution in [0.1, 0.15) is 11.1 Å². The Morgan fingerprint density at radius 1 is 1.21 bits per heavy atom. The van der Waals surface area contributed by atoms with E-state index in [1.165, 1.54) is 48.5 Å². The summed E-state index contributed by atoms with van der Waals surface area (Å²) < 4.78 is 33.1. The minimum absolute atomic E-state index is 0.0206. The number of hydrogen-bond acceptors (Lipinski definition) is 6. The van der Waals surface area contributed by atoms with Gasteiger partial charge in [0.2, 0.25) is 0 Å². The van der Waals surface area contributed by atoms with Crippen LogP contribution in [-0.4, -0.2) is 30.0 Å². The van der Waals surface area contributed by atoms with Crippen LogP contribution in [-0.2, 0) is 14.3 Å². The summed E-state index contributed by atoms with van der Waals surface area (Å²) in [6, 6.07) is 9.72. The van der Waals surface area contributed by atoms with Gasteiger partial charge in [-0.15, -0.1) is 0 Å². The molecule has 2 aromatic rings. The Kier molecular flexibility index (Phi) is 7.35. The molecule has 0 bridgehead atoms. The fourth-order valence-corrected chi connectivity index (χ4v) is 2.19. The Morgan fingerprint density at radius 3 is 2.52 bits per heavy atom. The Balaban J connectivity index is 1.84. The molecule has 0 aliphatic heterocycles. The summed E-state index contributed by atoms with van der Waals surface area (Å²) in [5.74, 6) is -1.49. The number of amides is 1. The number of nitro groups is 1. The second-order valence-corrected chi connectivity index (χ2v) is 5.70. The summed E-state index contributed by atoms with van der Waals surface area (Å²) in [6.07, 6.45) is 2.43. The highest BCUT2D eigenvalue weighted by Crippen LogP contribution is 2.22. The molecule has 8 nitrogen and oxygen atoms in total. The van der Waals surface area contributed by atoms with Gasteiger partial charge in [-0.1, -0.05) is 18.2 Å². The predicted molar refractivity (Wildman–Crippen MR) is 99.5 cm³/mol. The summed E-state index contributed by atoms with van der Waals surface area (Å²) in [4.78, 5) is 33.8. The van der Waals surface area contributed by atoms with E-state index in [2.05, 4.69) is 10.1 Å². The molecule has 10 heteroatoms. The lowest BCUT2D eigenvalue weighted by Gasteiger charge is -2.06. The Bertz CT molecular complexity index is 929. The molecule has 0 aromatic heterocycles. The van der Waals surface area contributed by atoms with E-state index in [1.54, 1.807) is 6.92 Å². The Labute approximate surface area is 163 Å². The van der Waals surface area contributed by atoms with E-state index in [1.807, 2.05) is 0 Å². The molecule has 0 heterocycles. The largest absolute Gasteiger partial charge is 0.452 e. The number of carbonyl (C=O) groups excluding carboxylic acids is 2. The molecule has 0 aliphatic carbocycles. The molecule has 29 heavy (non-hydrogen) atoms. The highest BCUT2D eigenvalue weighted by molar-refractivity contribution is 5.94. The number of rotatable bonds is 8. The van der Waals surface area contributed by atoms with Crippen LogP contribution < -0.4 is 10.1 Å². The first-order chi connectivity index (χ1) is 13.7. The second-order valence-electron chi connectivity index (χ2n) is 5.70. The minimum Gasteiger partial charge on any atom is -0.452 e. The van der Waals surface area contributed by atoms with E-state index in [0.29, 0.717) is 11.1 Å². The third kappa shape index (κ3) is 7.01. The van der Waals surface area contributed by atoms with Gasteiger partial charge in [-0.2, -0.15) is 8.78 Å². The van der Waals surface area contributed by atoms with Gasteiger partial charge < -0.3 is 14.8 Å². The molecule has 0 unspecified atom stereocenters. The summed E-state index contributed by atoms with van der Waals surface area (Å²) >= 11 is 0. The predicted octanol–water partition coefficient (Wildman–Crippen LogP) is 3.70. The average molecular weight is 406 g/mol. The Hall–Kier alpha value is -3.82. The first-order valence-corrected chi connectivity index (χ1v) is 8.19. The molecule has 152 valence electrons. The number of aryl methyl sites for hydroxylation is 1. The zero-order chi connectivity index (χ0) is 21.4. The number of esters is 1. The average Bonchev–Trinajstić information content (AvgIpc) is 2.66. The van der Waals surface area contributed by atoms with Gasteiger partial charge in [-0.05, 0) is 36.8 Å². The number of benzene rings is 2. The third-order valence-corrected chi connectivity index (χ3v) is 3.55. The van der Waals surface area contributed by atoms with Gasteiger partial charge in [0, 0.05) is 23.4 Å². The molecule has 0 saturated heterocycles. The van der Waals surface area contributed by atoms with Crippen molar-refractivity contribution in [3.63, 3.8) is 0 Å². The van der Waals surface area contributed by atoms with Crippen molar-refractivity contribution in [2.45, 2.75) is 13.5 Å². The van der Waals surface area contributed by atoms with Crippen molar-refractivity contribution in [2.24, 2.45) is 0 Å². The van der Waals surface area contributed by atoms with Crippen LogP contribution >= 0.6 is 0 Å². The lowest BCUT2D eigenvalue weighted by molar-refractivity contribution is -0.385. The van der Waals surface area contributed by atoms with Gasteiger partial charge in [-0.3, -0.25) is 14.9 Å². The van der Waals surface area contributed by atoms with Crippen LogP contribution in [0.15, 0.2) is 48.5 Å². The lowest BCUT2D eigenvalue weighted by atomic mass is 10.2. The van der Waals surface area contributed by atoms with Gasteiger partial charge in [0.15, 0.2) is 6.61 Å². The summed E-state index contributed by atoms with van der Waals surface area (Å²) in [5, 5.41) is 13.3. The third-order valence-electron chi connectivity index (χ3n) is 3.55. The zero-order valence-electron chi connectivity index (χ0n) is 15.1. The summed E-state index contributed by atoms with van der Waals surface area (Å²) in [5.41, 5.74) is 1.02. The zero-order valence-corrected chi connectivity index (χ0v) is 15.1. The van der Waals surface area contributed by atoms with Crippen molar-refractivity contribution in [1.82, 2.24) is 0 Å². The quantitative estimate of drug-likeness (QED) is 0.310. The van der Waals surface area contributed by atoms with Crippen molar-refractivity contribution in [1.29, 1.82) is 0 Å². The van der Waals surface area contributed by atoms with E-state index < -0.39 is 30.0 Å². The minimum atomic E-state index is -2.93. The molecular formula is C19H16F2N2O6. The van der Waals surface area contributed by atoms with Gasteiger partial charge >= 0.3 is 12.6 Å². The summed E-state index contributed by atoms with van der Waals surface area (Å²) in [7, 11) is 0. The first kappa shape index (κ1) is 21.5. The van der Waals surface area contributed by atoms with E-state index in [-0.39, 0.29) is 17.1 Å². The van der Waals surface area contributed by atoms with Crippen LogP contribution in [0.5, 0.6) is 5.75 Å². The fraction of sp³-hybridized carbons (Fsp3) is 0.158. The molecule has 0 saturated carbocycles. The maximum absolute atomic E-state index is 12.1. The highest BCUT2D eigenvalue weighted by Gasteiger charge is 2.13. The fourth-order valence-electron chi connectivity index (χ4n) is 2.19. The van der Waals surface area contributed by atoms with Crippen molar-refractivity contribution in [2.75, 3.05) is 11.9 Å². The van der Waals surface area contributed by atoms with Crippen molar-refractivity contribution >= 4 is 29.3 Å². The number of ether oxygens (including phenoxy) is 2. The molecule has 0 spiro atoms. The maximum Gasteiger partial charge on any atom is 0.387 e. The van der Waals surface area contributed by atoms with E-state index in [9.17, 15) is 28.5 Å². The highest BCUT2D eigenvalue weighted by atomic mass is 19.3. The van der Waals surface area contributed by atoms with Crippen LogP contribution in [0.25, 0.3) is 6.08 Å². The standard InChI is InChI=1S/C19H16F2N2O6/c1-12-2-6-14(10-16(12)23(26)27)22-17(24)11-28-18(25)9-5-13-3-7-15(8-4-13)29-19(20)21/h2-10,19H,11H2,1H3,(H,22,24)/b9-5+. The molecular weight excluding hydrogens is 390 g/mol. The normalized spacial score (nSPS) is 10.8.